The van der Waals surface area contributed by atoms with Crippen molar-refractivity contribution in [1.29, 1.82) is 0 Å². The molecular formula is C20H27N3S. The average Bonchev–Trinajstić information content (AvgIpc) is 2.54. The number of benzene rings is 2. The number of rotatable bonds is 5. The molecule has 128 valence electrons. The van der Waals surface area contributed by atoms with Gasteiger partial charge in [0.2, 0.25) is 0 Å². The van der Waals surface area contributed by atoms with E-state index in [0.717, 1.165) is 18.2 Å². The Morgan fingerprint density at radius 2 is 1.42 bits per heavy atom. The second-order valence-electron chi connectivity index (χ2n) is 6.14. The van der Waals surface area contributed by atoms with Crippen LogP contribution in [-0.2, 0) is 0 Å². The lowest BCUT2D eigenvalue weighted by atomic mass is 10.1. The number of hydrogen-bond acceptors (Lipinski definition) is 2. The number of anilines is 2. The summed E-state index contributed by atoms with van der Waals surface area (Å²) in [5, 5.41) is 7.44. The predicted molar refractivity (Wildman–Crippen MR) is 109 cm³/mol. The molecule has 2 rings (SSSR count). The summed E-state index contributed by atoms with van der Waals surface area (Å²) >= 11 is 5.55. The van der Waals surface area contributed by atoms with Crippen LogP contribution in [0.25, 0.3) is 0 Å². The van der Waals surface area contributed by atoms with Gasteiger partial charge < -0.3 is 15.5 Å². The van der Waals surface area contributed by atoms with E-state index >= 15 is 0 Å². The molecule has 3 nitrogen and oxygen atoms in total. The number of para-hydroxylation sites is 2. The summed E-state index contributed by atoms with van der Waals surface area (Å²) in [5.41, 5.74) is 7.42. The third-order valence-electron chi connectivity index (χ3n) is 4.29. The van der Waals surface area contributed by atoms with Crippen LogP contribution in [0.3, 0.4) is 0 Å². The molecule has 2 aromatic carbocycles. The van der Waals surface area contributed by atoms with Crippen LogP contribution in [-0.4, -0.2) is 25.2 Å². The summed E-state index contributed by atoms with van der Waals surface area (Å²) in [6.07, 6.45) is 0. The molecule has 0 amide bonds. The molecule has 4 heteroatoms. The summed E-state index contributed by atoms with van der Waals surface area (Å²) in [7, 11) is 1.88. The minimum atomic E-state index is 0.746. The zero-order chi connectivity index (χ0) is 17.7. The third-order valence-corrected chi connectivity index (χ3v) is 4.71. The van der Waals surface area contributed by atoms with Gasteiger partial charge in [0, 0.05) is 31.5 Å². The summed E-state index contributed by atoms with van der Waals surface area (Å²) in [4.78, 5) is 2.18. The smallest absolute Gasteiger partial charge is 0.173 e. The van der Waals surface area contributed by atoms with Gasteiger partial charge in [-0.25, -0.2) is 0 Å². The van der Waals surface area contributed by atoms with Crippen molar-refractivity contribution in [3.8, 4) is 0 Å². The van der Waals surface area contributed by atoms with E-state index in [1.54, 1.807) is 0 Å². The van der Waals surface area contributed by atoms with Gasteiger partial charge in [-0.05, 0) is 62.2 Å². The molecule has 0 unspecified atom stereocenters. The van der Waals surface area contributed by atoms with Crippen molar-refractivity contribution in [2.24, 2.45) is 0 Å². The van der Waals surface area contributed by atoms with Gasteiger partial charge in [0.25, 0.3) is 0 Å². The van der Waals surface area contributed by atoms with Crippen molar-refractivity contribution in [1.82, 2.24) is 5.32 Å². The van der Waals surface area contributed by atoms with E-state index in [1.165, 1.54) is 33.6 Å². The molecule has 0 bridgehead atoms. The van der Waals surface area contributed by atoms with Gasteiger partial charge in [0.05, 0.1) is 0 Å². The Labute approximate surface area is 151 Å². The Balaban J connectivity index is 2.18. The van der Waals surface area contributed by atoms with Crippen LogP contribution < -0.4 is 15.5 Å². The van der Waals surface area contributed by atoms with Crippen LogP contribution in [0.5, 0.6) is 0 Å². The van der Waals surface area contributed by atoms with Crippen LogP contribution in [0.2, 0.25) is 0 Å². The second kappa shape index (κ2) is 8.15. The standard InChI is InChI=1S/C20H27N3S/c1-14-8-6-9-15(2)18(14)22-12-13-23(20(24)21-5)19-16(3)10-7-11-17(19)4/h6-11,22H,12-13H2,1-5H3,(H,21,24). The molecule has 0 heterocycles. The highest BCUT2D eigenvalue weighted by Crippen LogP contribution is 2.25. The fraction of sp³-hybridized carbons (Fsp3) is 0.350. The first-order chi connectivity index (χ1) is 11.5. The van der Waals surface area contributed by atoms with E-state index in [4.69, 9.17) is 12.2 Å². The van der Waals surface area contributed by atoms with Crippen LogP contribution in [0, 0.1) is 27.7 Å². The van der Waals surface area contributed by atoms with E-state index in [-0.39, 0.29) is 0 Å². The topological polar surface area (TPSA) is 27.3 Å². The largest absolute Gasteiger partial charge is 0.383 e. The van der Waals surface area contributed by atoms with Crippen molar-refractivity contribution < 1.29 is 0 Å². The lowest BCUT2D eigenvalue weighted by molar-refractivity contribution is 0.945. The molecule has 2 aromatic rings. The van der Waals surface area contributed by atoms with Crippen molar-refractivity contribution >= 4 is 28.7 Å². The molecule has 24 heavy (non-hydrogen) atoms. The van der Waals surface area contributed by atoms with Crippen LogP contribution >= 0.6 is 12.2 Å². The fourth-order valence-corrected chi connectivity index (χ4v) is 3.25. The van der Waals surface area contributed by atoms with Gasteiger partial charge in [0.15, 0.2) is 5.11 Å². The van der Waals surface area contributed by atoms with Gasteiger partial charge >= 0.3 is 0 Å². The summed E-state index contributed by atoms with van der Waals surface area (Å²) < 4.78 is 0. The number of nitrogens with one attached hydrogen (secondary N) is 2. The molecule has 0 saturated carbocycles. The highest BCUT2D eigenvalue weighted by molar-refractivity contribution is 7.80. The molecule has 0 aliphatic heterocycles. The first-order valence-electron chi connectivity index (χ1n) is 8.31. The lowest BCUT2D eigenvalue weighted by Gasteiger charge is -2.28. The average molecular weight is 342 g/mol. The number of hydrogen-bond donors (Lipinski definition) is 2. The van der Waals surface area contributed by atoms with Crippen LogP contribution in [0.15, 0.2) is 36.4 Å². The minimum absolute atomic E-state index is 0.746. The summed E-state index contributed by atoms with van der Waals surface area (Å²) in [6, 6.07) is 12.7. The normalized spacial score (nSPS) is 10.4. The van der Waals surface area contributed by atoms with E-state index in [0.29, 0.717) is 0 Å². The minimum Gasteiger partial charge on any atom is -0.383 e. The zero-order valence-electron chi connectivity index (χ0n) is 15.2. The molecule has 0 spiro atoms. The maximum atomic E-state index is 5.55. The molecule has 0 atom stereocenters. The third kappa shape index (κ3) is 4.06. The van der Waals surface area contributed by atoms with E-state index < -0.39 is 0 Å². The molecular weight excluding hydrogens is 314 g/mol. The van der Waals surface area contributed by atoms with Crippen LogP contribution in [0.1, 0.15) is 22.3 Å². The highest BCUT2D eigenvalue weighted by Gasteiger charge is 2.15. The van der Waals surface area contributed by atoms with Crippen molar-refractivity contribution in [3.05, 3.63) is 58.7 Å². The van der Waals surface area contributed by atoms with Gasteiger partial charge in [-0.2, -0.15) is 0 Å². The van der Waals surface area contributed by atoms with Gasteiger partial charge in [-0.3, -0.25) is 0 Å². The summed E-state index contributed by atoms with van der Waals surface area (Å²) in [6.45, 7) is 10.2. The van der Waals surface area contributed by atoms with Crippen molar-refractivity contribution in [2.75, 3.05) is 30.4 Å². The highest BCUT2D eigenvalue weighted by atomic mass is 32.1. The maximum Gasteiger partial charge on any atom is 0.173 e. The van der Waals surface area contributed by atoms with Crippen LogP contribution in [0.4, 0.5) is 11.4 Å². The molecule has 0 aromatic heterocycles. The molecule has 0 radical (unpaired) electrons. The SMILES string of the molecule is CNC(=S)N(CCNc1c(C)cccc1C)c1c(C)cccc1C. The second-order valence-corrected chi connectivity index (χ2v) is 6.53. The fourth-order valence-electron chi connectivity index (χ4n) is 3.07. The van der Waals surface area contributed by atoms with E-state index in [1.807, 2.05) is 7.05 Å². The Morgan fingerprint density at radius 1 is 0.917 bits per heavy atom. The first-order valence-corrected chi connectivity index (χ1v) is 8.72. The van der Waals surface area contributed by atoms with Crippen molar-refractivity contribution in [2.45, 2.75) is 27.7 Å². The number of thiocarbonyl (C=S) groups is 1. The first kappa shape index (κ1) is 18.3. The van der Waals surface area contributed by atoms with Crippen molar-refractivity contribution in [3.63, 3.8) is 0 Å². The Bertz CT molecular complexity index is 684. The maximum absolute atomic E-state index is 5.55. The molecule has 2 N–H and O–H groups in total. The Hall–Kier alpha value is -2.07. The van der Waals surface area contributed by atoms with E-state index in [9.17, 15) is 0 Å². The van der Waals surface area contributed by atoms with Gasteiger partial charge in [0.1, 0.15) is 0 Å². The van der Waals surface area contributed by atoms with E-state index in [2.05, 4.69) is 79.6 Å². The Morgan fingerprint density at radius 3 is 1.92 bits per heavy atom. The molecule has 0 aliphatic carbocycles. The number of aryl methyl sites for hydroxylation is 4. The quantitative estimate of drug-likeness (QED) is 0.791. The Kier molecular flexibility index (Phi) is 6.21. The molecule has 0 aliphatic rings. The predicted octanol–water partition coefficient (Wildman–Crippen LogP) is 4.34. The van der Waals surface area contributed by atoms with Gasteiger partial charge in [-0.15, -0.1) is 0 Å². The van der Waals surface area contributed by atoms with Gasteiger partial charge in [-0.1, -0.05) is 36.4 Å². The summed E-state index contributed by atoms with van der Waals surface area (Å²) in [5.74, 6) is 0. The molecule has 0 fully saturated rings. The zero-order valence-corrected chi connectivity index (χ0v) is 16.1. The lowest BCUT2D eigenvalue weighted by Crippen LogP contribution is -2.41. The monoisotopic (exact) mass is 341 g/mol. The number of nitrogens with zero attached hydrogens (tertiary/aromatic N) is 1. The molecule has 0 saturated heterocycles.